The third-order valence-electron chi connectivity index (χ3n) is 0.749. The Bertz CT molecular complexity index is 75.0. The third-order valence-corrected chi connectivity index (χ3v) is 0.749. The highest BCUT2D eigenvalue weighted by Gasteiger charge is 1.81. The van der Waals surface area contributed by atoms with Gasteiger partial charge in [0.25, 0.3) is 0 Å². The van der Waals surface area contributed by atoms with E-state index in [1.165, 1.54) is 0 Å². The normalized spacial score (nSPS) is 8.44. The van der Waals surface area contributed by atoms with Crippen LogP contribution in [-0.4, -0.2) is 25.9 Å². The van der Waals surface area contributed by atoms with Crippen molar-refractivity contribution in [2.75, 3.05) is 13.2 Å². The molecule has 0 fully saturated rings. The standard InChI is InChI=1S/C5H10N2O2/c8-3-1-2-6-4-7-5-9/h3,5-6H,1-2,4H2,(H,7,9). The Morgan fingerprint density at radius 3 is 2.67 bits per heavy atom. The highest BCUT2D eigenvalue weighted by Crippen LogP contribution is 1.62. The summed E-state index contributed by atoms with van der Waals surface area (Å²) < 4.78 is 0. The molecule has 0 saturated carbocycles. The third kappa shape index (κ3) is 7.10. The second-order valence-corrected chi connectivity index (χ2v) is 1.45. The molecule has 0 aliphatic rings. The van der Waals surface area contributed by atoms with Crippen molar-refractivity contribution in [3.63, 3.8) is 0 Å². The minimum absolute atomic E-state index is 0.428. The Balaban J connectivity index is 2.74. The number of aldehydes is 1. The molecule has 0 radical (unpaired) electrons. The van der Waals surface area contributed by atoms with Crippen LogP contribution in [-0.2, 0) is 9.59 Å². The molecule has 0 aromatic carbocycles. The number of hydrogen-bond donors (Lipinski definition) is 2. The van der Waals surface area contributed by atoms with E-state index in [-0.39, 0.29) is 0 Å². The number of carbonyl (C=O) groups excluding carboxylic acids is 2. The molecule has 0 heterocycles. The van der Waals surface area contributed by atoms with Crippen LogP contribution in [0.4, 0.5) is 0 Å². The summed E-state index contributed by atoms with van der Waals surface area (Å²) in [4.78, 5) is 19.3. The summed E-state index contributed by atoms with van der Waals surface area (Å²) in [7, 11) is 0. The SMILES string of the molecule is O=CCCNCNC=O. The average Bonchev–Trinajstić information content (AvgIpc) is 1.89. The zero-order chi connectivity index (χ0) is 6.95. The Morgan fingerprint density at radius 2 is 2.11 bits per heavy atom. The van der Waals surface area contributed by atoms with Crippen molar-refractivity contribution in [2.24, 2.45) is 0 Å². The molecular formula is C5H10N2O2. The van der Waals surface area contributed by atoms with Crippen molar-refractivity contribution < 1.29 is 9.59 Å². The molecule has 1 amide bonds. The molecule has 0 saturated heterocycles. The fourth-order valence-corrected chi connectivity index (χ4v) is 0.363. The maximum atomic E-state index is 9.71. The molecule has 0 aliphatic carbocycles. The number of rotatable bonds is 6. The fraction of sp³-hybridized carbons (Fsp3) is 0.600. The first-order valence-corrected chi connectivity index (χ1v) is 2.73. The van der Waals surface area contributed by atoms with E-state index < -0.39 is 0 Å². The van der Waals surface area contributed by atoms with Crippen molar-refractivity contribution in [2.45, 2.75) is 6.42 Å². The second-order valence-electron chi connectivity index (χ2n) is 1.45. The maximum Gasteiger partial charge on any atom is 0.208 e. The van der Waals surface area contributed by atoms with Gasteiger partial charge in [0.15, 0.2) is 0 Å². The smallest absolute Gasteiger partial charge is 0.208 e. The molecule has 9 heavy (non-hydrogen) atoms. The minimum Gasteiger partial charge on any atom is -0.346 e. The van der Waals surface area contributed by atoms with Crippen LogP contribution in [0, 0.1) is 0 Å². The van der Waals surface area contributed by atoms with Crippen LogP contribution in [0.3, 0.4) is 0 Å². The van der Waals surface area contributed by atoms with Crippen LogP contribution < -0.4 is 10.6 Å². The molecule has 0 bridgehead atoms. The first kappa shape index (κ1) is 8.10. The van der Waals surface area contributed by atoms with Gasteiger partial charge in [-0.05, 0) is 0 Å². The largest absolute Gasteiger partial charge is 0.346 e. The van der Waals surface area contributed by atoms with Gasteiger partial charge in [0, 0.05) is 13.0 Å². The lowest BCUT2D eigenvalue weighted by atomic mass is 10.5. The van der Waals surface area contributed by atoms with Crippen molar-refractivity contribution in [3.8, 4) is 0 Å². The first-order valence-electron chi connectivity index (χ1n) is 2.73. The van der Waals surface area contributed by atoms with Crippen LogP contribution in [0.15, 0.2) is 0 Å². The molecule has 0 rings (SSSR count). The summed E-state index contributed by atoms with van der Waals surface area (Å²) in [6, 6.07) is 0. The van der Waals surface area contributed by atoms with E-state index >= 15 is 0 Å². The van der Waals surface area contributed by atoms with Gasteiger partial charge in [-0.15, -0.1) is 0 Å². The summed E-state index contributed by atoms with van der Waals surface area (Å²) in [5.41, 5.74) is 0. The number of hydrogen-bond acceptors (Lipinski definition) is 3. The topological polar surface area (TPSA) is 58.2 Å². The quantitative estimate of drug-likeness (QED) is 0.272. The molecule has 0 aromatic heterocycles. The fourth-order valence-electron chi connectivity index (χ4n) is 0.363. The summed E-state index contributed by atoms with van der Waals surface area (Å²) in [5, 5.41) is 5.21. The van der Waals surface area contributed by atoms with Crippen LogP contribution in [0.2, 0.25) is 0 Å². The molecule has 0 atom stereocenters. The Labute approximate surface area is 53.6 Å². The lowest BCUT2D eigenvalue weighted by Crippen LogP contribution is -2.28. The number of nitrogens with one attached hydrogen (secondary N) is 2. The predicted octanol–water partition coefficient (Wildman–Crippen LogP) is -1.13. The van der Waals surface area contributed by atoms with E-state index in [2.05, 4.69) is 10.6 Å². The molecular weight excluding hydrogens is 120 g/mol. The molecule has 2 N–H and O–H groups in total. The Morgan fingerprint density at radius 1 is 1.33 bits per heavy atom. The summed E-state index contributed by atoms with van der Waals surface area (Å²) in [6.07, 6.45) is 1.92. The highest BCUT2D eigenvalue weighted by atomic mass is 16.1. The van der Waals surface area contributed by atoms with E-state index in [0.717, 1.165) is 6.29 Å². The molecule has 0 unspecified atom stereocenters. The van der Waals surface area contributed by atoms with Crippen LogP contribution >= 0.6 is 0 Å². The van der Waals surface area contributed by atoms with Gasteiger partial charge in [-0.3, -0.25) is 10.1 Å². The van der Waals surface area contributed by atoms with Crippen LogP contribution in [0.25, 0.3) is 0 Å². The van der Waals surface area contributed by atoms with Crippen molar-refractivity contribution in [3.05, 3.63) is 0 Å². The van der Waals surface area contributed by atoms with E-state index in [0.29, 0.717) is 26.0 Å². The average molecular weight is 130 g/mol. The highest BCUT2D eigenvalue weighted by molar-refractivity contribution is 5.49. The van der Waals surface area contributed by atoms with E-state index in [1.807, 2.05) is 0 Å². The van der Waals surface area contributed by atoms with Gasteiger partial charge < -0.3 is 10.1 Å². The first-order chi connectivity index (χ1) is 4.41. The predicted molar refractivity (Wildman–Crippen MR) is 32.8 cm³/mol. The van der Waals surface area contributed by atoms with Crippen molar-refractivity contribution in [1.29, 1.82) is 0 Å². The molecule has 4 heteroatoms. The van der Waals surface area contributed by atoms with Crippen LogP contribution in [0.1, 0.15) is 6.42 Å². The van der Waals surface area contributed by atoms with E-state index in [4.69, 9.17) is 0 Å². The van der Waals surface area contributed by atoms with E-state index in [9.17, 15) is 9.59 Å². The zero-order valence-electron chi connectivity index (χ0n) is 5.09. The van der Waals surface area contributed by atoms with Crippen LogP contribution in [0.5, 0.6) is 0 Å². The Hall–Kier alpha value is -0.900. The lowest BCUT2D eigenvalue weighted by Gasteiger charge is -1.97. The minimum atomic E-state index is 0.428. The molecule has 4 nitrogen and oxygen atoms in total. The van der Waals surface area contributed by atoms with Gasteiger partial charge in [0.2, 0.25) is 6.41 Å². The molecule has 0 aliphatic heterocycles. The second kappa shape index (κ2) is 7.10. The maximum absolute atomic E-state index is 9.71. The van der Waals surface area contributed by atoms with E-state index in [1.54, 1.807) is 0 Å². The summed E-state index contributed by atoms with van der Waals surface area (Å²) >= 11 is 0. The van der Waals surface area contributed by atoms with Gasteiger partial charge in [-0.2, -0.15) is 0 Å². The number of amides is 1. The molecule has 0 spiro atoms. The summed E-state index contributed by atoms with van der Waals surface area (Å²) in [5.74, 6) is 0. The summed E-state index contributed by atoms with van der Waals surface area (Å²) in [6.45, 7) is 1.04. The van der Waals surface area contributed by atoms with Crippen molar-refractivity contribution >= 4 is 12.7 Å². The van der Waals surface area contributed by atoms with Crippen molar-refractivity contribution in [1.82, 2.24) is 10.6 Å². The monoisotopic (exact) mass is 130 g/mol. The molecule has 0 aromatic rings. The van der Waals surface area contributed by atoms with Gasteiger partial charge in [-0.1, -0.05) is 0 Å². The molecule has 52 valence electrons. The lowest BCUT2D eigenvalue weighted by molar-refractivity contribution is -0.109. The Kier molecular flexibility index (Phi) is 6.39. The van der Waals surface area contributed by atoms with Gasteiger partial charge in [0.1, 0.15) is 6.29 Å². The zero-order valence-corrected chi connectivity index (χ0v) is 5.09. The number of carbonyl (C=O) groups is 2. The van der Waals surface area contributed by atoms with Gasteiger partial charge in [-0.25, -0.2) is 0 Å². The van der Waals surface area contributed by atoms with Gasteiger partial charge >= 0.3 is 0 Å². The van der Waals surface area contributed by atoms with Gasteiger partial charge in [0.05, 0.1) is 6.67 Å².